The second kappa shape index (κ2) is 19.8. The molecule has 0 aliphatic rings. The molecule has 15 rings (SSSR count). The molecule has 0 aliphatic heterocycles. The van der Waals surface area contributed by atoms with Gasteiger partial charge in [0, 0.05) is 69.0 Å². The zero-order valence-corrected chi connectivity index (χ0v) is 46.3. The largest absolute Gasteiger partial charge is 0.309 e. The van der Waals surface area contributed by atoms with Crippen molar-refractivity contribution in [2.75, 3.05) is 0 Å². The number of hydrogen-bond donors (Lipinski definition) is 0. The van der Waals surface area contributed by atoms with Gasteiger partial charge in [0.25, 0.3) is 0 Å². The summed E-state index contributed by atoms with van der Waals surface area (Å²) in [5.74, 6) is 0. The van der Waals surface area contributed by atoms with Gasteiger partial charge >= 0.3 is 0 Å². The smallest absolute Gasteiger partial charge is 0.171 e. The van der Waals surface area contributed by atoms with Crippen molar-refractivity contribution in [1.82, 2.24) is 9.13 Å². The number of nitrogens with zero attached hydrogens (tertiary/aromatic N) is 2. The van der Waals surface area contributed by atoms with Crippen molar-refractivity contribution in [3.05, 3.63) is 297 Å². The molecule has 0 amide bonds. The average molecular weight is 1080 g/mol. The number of fused-ring (bicyclic) bond motifs is 9. The third kappa shape index (κ3) is 8.13. The van der Waals surface area contributed by atoms with E-state index in [4.69, 9.17) is 0 Å². The van der Waals surface area contributed by atoms with Crippen LogP contribution in [-0.4, -0.2) is 9.13 Å². The summed E-state index contributed by atoms with van der Waals surface area (Å²) in [5, 5.41) is 17.5. The molecule has 3 aromatic heterocycles. The van der Waals surface area contributed by atoms with E-state index >= 15 is 4.57 Å². The van der Waals surface area contributed by atoms with Gasteiger partial charge in [-0.15, -0.1) is 11.3 Å². The molecule has 0 fully saturated rings. The van der Waals surface area contributed by atoms with Gasteiger partial charge in [-0.2, -0.15) is 0 Å². The van der Waals surface area contributed by atoms with Crippen LogP contribution in [0.25, 0.3) is 75.2 Å². The van der Waals surface area contributed by atoms with Gasteiger partial charge in [0.1, 0.15) is 0 Å². The molecule has 0 N–H and O–H groups in total. The van der Waals surface area contributed by atoms with Gasteiger partial charge in [-0.05, 0) is 133 Å². The van der Waals surface area contributed by atoms with Gasteiger partial charge in [0.2, 0.25) is 0 Å². The van der Waals surface area contributed by atoms with Gasteiger partial charge in [-0.1, -0.05) is 212 Å². The molecule has 0 atom stereocenters. The number of hydrogen-bond acceptors (Lipinski definition) is 2. The molecular formula is C72H49N2OP3S. The Bertz CT molecular complexity index is 4690. The van der Waals surface area contributed by atoms with Crippen molar-refractivity contribution in [3.8, 4) is 11.4 Å². The average Bonchev–Trinajstić information content (AvgIpc) is 4.39. The second-order valence-electron chi connectivity index (χ2n) is 20.0. The summed E-state index contributed by atoms with van der Waals surface area (Å²) in [6, 6.07) is 108. The maximum Gasteiger partial charge on any atom is 0.171 e. The zero-order valence-electron chi connectivity index (χ0n) is 42.8. The SMILES string of the molecule is O=P(c1ccccc1)(c1ccccc1)c1ccc2c(c1)c1cc(P(c3ccccc3)c3ccccc3)ccc1n2-c1ccc2sc3ccc(-n4c5ccccc5c5cc(P(c6ccccc6)c6ccccc6)ccc54)cc3c2c1. The van der Waals surface area contributed by atoms with E-state index in [2.05, 4.69) is 246 Å². The molecule has 0 saturated carbocycles. The first kappa shape index (κ1) is 47.7. The highest BCUT2D eigenvalue weighted by Gasteiger charge is 2.31. The molecule has 0 radical (unpaired) electrons. The summed E-state index contributed by atoms with van der Waals surface area (Å²) < 4.78 is 23.4. The van der Waals surface area contributed by atoms with Crippen LogP contribution in [0.2, 0.25) is 0 Å². The fourth-order valence-electron chi connectivity index (χ4n) is 11.9. The summed E-state index contributed by atoms with van der Waals surface area (Å²) in [4.78, 5) is 0. The molecule has 0 spiro atoms. The third-order valence-electron chi connectivity index (χ3n) is 15.5. The summed E-state index contributed by atoms with van der Waals surface area (Å²) in [5.41, 5.74) is 6.77. The minimum Gasteiger partial charge on any atom is -0.309 e. The number of thiophene rings is 1. The van der Waals surface area contributed by atoms with Crippen LogP contribution >= 0.6 is 34.3 Å². The van der Waals surface area contributed by atoms with E-state index in [9.17, 15) is 0 Å². The van der Waals surface area contributed by atoms with Crippen molar-refractivity contribution < 1.29 is 4.57 Å². The molecule has 3 nitrogen and oxygen atoms in total. The first-order chi connectivity index (χ1) is 39.1. The van der Waals surface area contributed by atoms with Gasteiger partial charge in [-0.3, -0.25) is 0 Å². The molecule has 7 heteroatoms. The van der Waals surface area contributed by atoms with Crippen LogP contribution in [0.4, 0.5) is 0 Å². The van der Waals surface area contributed by atoms with Crippen LogP contribution < -0.4 is 47.7 Å². The molecule has 3 heterocycles. The zero-order chi connectivity index (χ0) is 52.4. The molecule has 0 bridgehead atoms. The fraction of sp³-hybridized carbons (Fsp3) is 0. The van der Waals surface area contributed by atoms with E-state index < -0.39 is 23.0 Å². The van der Waals surface area contributed by atoms with Crippen LogP contribution in [-0.2, 0) is 4.57 Å². The second-order valence-corrected chi connectivity index (χ2v) is 28.3. The first-order valence-corrected chi connectivity index (χ1v) is 31.9. The summed E-state index contributed by atoms with van der Waals surface area (Å²) >= 11 is 1.85. The predicted molar refractivity (Wildman–Crippen MR) is 345 cm³/mol. The van der Waals surface area contributed by atoms with Gasteiger partial charge < -0.3 is 13.7 Å². The minimum absolute atomic E-state index is 0.771. The van der Waals surface area contributed by atoms with Gasteiger partial charge in [0.15, 0.2) is 7.14 Å². The molecule has 15 aromatic rings. The van der Waals surface area contributed by atoms with E-state index in [-0.39, 0.29) is 0 Å². The lowest BCUT2D eigenvalue weighted by Crippen LogP contribution is -2.24. The van der Waals surface area contributed by atoms with E-state index in [1.807, 2.05) is 72.0 Å². The Kier molecular flexibility index (Phi) is 12.0. The lowest BCUT2D eigenvalue weighted by Gasteiger charge is -2.20. The standard InChI is InChI=1S/C72H49N2OP3S/c75-78(58-29-15-5-16-30-58,59-31-17-6-18-32-59)60-39-42-70-64(49-60)63-48-57(77(54-25-11-3-12-26-54)55-27-13-4-14-28-55)38-41-69(63)74(70)51-36-44-72-66(46-51)65-45-50(35-43-71(65)79-72)73-67-34-20-19-33-61(67)62-47-56(37-40-68(62)73)76(52-21-7-1-8-22-52)53-23-9-2-10-24-53/h1-49H. The number of aromatic nitrogens is 2. The normalized spacial score (nSPS) is 12.1. The summed E-state index contributed by atoms with van der Waals surface area (Å²) in [7, 11) is -4.95. The van der Waals surface area contributed by atoms with Gasteiger partial charge in [-0.25, -0.2) is 0 Å². The first-order valence-electron chi connectivity index (χ1n) is 26.7. The van der Waals surface area contributed by atoms with Crippen molar-refractivity contribution in [1.29, 1.82) is 0 Å². The highest BCUT2D eigenvalue weighted by atomic mass is 32.1. The molecule has 0 saturated heterocycles. The van der Waals surface area contributed by atoms with Crippen molar-refractivity contribution in [2.24, 2.45) is 0 Å². The van der Waals surface area contributed by atoms with Crippen LogP contribution in [0.5, 0.6) is 0 Å². The Hall–Kier alpha value is -8.45. The molecule has 79 heavy (non-hydrogen) atoms. The summed E-state index contributed by atoms with van der Waals surface area (Å²) in [6.45, 7) is 0. The maximum atomic E-state index is 16.1. The quantitative estimate of drug-likeness (QED) is 0.119. The van der Waals surface area contributed by atoms with Crippen molar-refractivity contribution in [2.45, 2.75) is 0 Å². The Morgan fingerprint density at radius 2 is 0.620 bits per heavy atom. The Labute approximate surface area is 465 Å². The van der Waals surface area contributed by atoms with E-state index in [1.165, 1.54) is 73.8 Å². The monoisotopic (exact) mass is 1080 g/mol. The van der Waals surface area contributed by atoms with Crippen LogP contribution in [0.1, 0.15) is 0 Å². The predicted octanol–water partition coefficient (Wildman–Crippen LogP) is 15.4. The highest BCUT2D eigenvalue weighted by Crippen LogP contribution is 2.46. The maximum absolute atomic E-state index is 16.1. The van der Waals surface area contributed by atoms with E-state index in [0.717, 1.165) is 49.1 Å². The molecule has 374 valence electrons. The Morgan fingerprint density at radius 1 is 0.266 bits per heavy atom. The van der Waals surface area contributed by atoms with Crippen molar-refractivity contribution in [3.63, 3.8) is 0 Å². The minimum atomic E-state index is -3.29. The Morgan fingerprint density at radius 3 is 1.06 bits per heavy atom. The molecular weight excluding hydrogens is 1030 g/mol. The van der Waals surface area contributed by atoms with Crippen LogP contribution in [0.3, 0.4) is 0 Å². The topological polar surface area (TPSA) is 26.9 Å². The number of para-hydroxylation sites is 1. The fourth-order valence-corrected chi connectivity index (χ4v) is 20.3. The number of benzene rings is 12. The highest BCUT2D eigenvalue weighted by molar-refractivity contribution is 7.85. The Balaban J connectivity index is 0.915. The van der Waals surface area contributed by atoms with E-state index in [0.29, 0.717) is 0 Å². The van der Waals surface area contributed by atoms with E-state index in [1.54, 1.807) is 0 Å². The summed E-state index contributed by atoms with van der Waals surface area (Å²) in [6.07, 6.45) is 0. The van der Waals surface area contributed by atoms with Crippen LogP contribution in [0, 0.1) is 0 Å². The van der Waals surface area contributed by atoms with Crippen LogP contribution in [0.15, 0.2) is 297 Å². The lowest BCUT2D eigenvalue weighted by atomic mass is 10.1. The molecule has 12 aromatic carbocycles. The van der Waals surface area contributed by atoms with Crippen molar-refractivity contribution >= 4 is 146 Å². The van der Waals surface area contributed by atoms with Gasteiger partial charge in [0.05, 0.1) is 22.1 Å². The molecule has 0 unspecified atom stereocenters. The number of rotatable bonds is 11. The molecule has 0 aliphatic carbocycles. The lowest BCUT2D eigenvalue weighted by molar-refractivity contribution is 0.592. The third-order valence-corrected chi connectivity index (χ3v) is 24.6.